The zero-order chi connectivity index (χ0) is 34.5. The van der Waals surface area contributed by atoms with Crippen LogP contribution >= 0.6 is 0 Å². The Labute approximate surface area is 289 Å². The van der Waals surface area contributed by atoms with Gasteiger partial charge in [-0.1, -0.05) is 43.3 Å². The number of aliphatic hydroxyl groups is 4. The first-order valence-corrected chi connectivity index (χ1v) is 18.0. The van der Waals surface area contributed by atoms with E-state index in [1.807, 2.05) is 36.5 Å². The molecule has 0 amide bonds. The van der Waals surface area contributed by atoms with Gasteiger partial charge in [0.05, 0.1) is 18.8 Å². The molecule has 1 aromatic carbocycles. The molecule has 0 saturated heterocycles. The second kappa shape index (κ2) is 15.8. The number of phenolic OH excluding ortho intramolecular Hbond substituents is 1. The molecule has 2 heterocycles. The fourth-order valence-corrected chi connectivity index (χ4v) is 8.20. The van der Waals surface area contributed by atoms with Crippen LogP contribution < -0.4 is 10.5 Å². The van der Waals surface area contributed by atoms with Crippen LogP contribution in [0.1, 0.15) is 92.5 Å². The van der Waals surface area contributed by atoms with E-state index in [4.69, 9.17) is 10.5 Å². The van der Waals surface area contributed by atoms with Crippen molar-refractivity contribution in [3.8, 4) is 23.3 Å². The quantitative estimate of drug-likeness (QED) is 0.115. The summed E-state index contributed by atoms with van der Waals surface area (Å²) in [6, 6.07) is 11.2. The number of hydrogen-bond donors (Lipinski definition) is 7. The second-order valence-electron chi connectivity index (χ2n) is 14.2. The zero-order valence-corrected chi connectivity index (χ0v) is 28.3. The summed E-state index contributed by atoms with van der Waals surface area (Å²) < 4.78 is 6.44. The Morgan fingerprint density at radius 1 is 1.08 bits per heavy atom. The van der Waals surface area contributed by atoms with Crippen LogP contribution in [0.15, 0.2) is 60.4 Å². The first-order valence-electron chi connectivity index (χ1n) is 18.0. The van der Waals surface area contributed by atoms with Gasteiger partial charge in [0.1, 0.15) is 18.0 Å². The van der Waals surface area contributed by atoms with Crippen LogP contribution in [0.25, 0.3) is 0 Å². The number of nitrogens with zero attached hydrogens (tertiary/aromatic N) is 1. The molecule has 6 rings (SSSR count). The van der Waals surface area contributed by atoms with E-state index < -0.39 is 31.0 Å². The number of ether oxygens (including phenoxy) is 1. The van der Waals surface area contributed by atoms with E-state index in [1.54, 1.807) is 12.3 Å². The number of allylic oxidation sites excluding steroid dienone is 2. The molecular formula is C40H51N3O6. The maximum atomic E-state index is 11.7. The molecule has 8 N–H and O–H groups in total. The van der Waals surface area contributed by atoms with E-state index >= 15 is 0 Å². The minimum absolute atomic E-state index is 0.0365. The third kappa shape index (κ3) is 8.16. The van der Waals surface area contributed by atoms with Crippen LogP contribution in [-0.2, 0) is 12.8 Å². The lowest BCUT2D eigenvalue weighted by Gasteiger charge is -2.33. The lowest BCUT2D eigenvalue weighted by atomic mass is 9.76. The maximum absolute atomic E-state index is 11.7. The molecule has 0 saturated carbocycles. The number of benzene rings is 1. The monoisotopic (exact) mass is 669 g/mol. The van der Waals surface area contributed by atoms with E-state index in [2.05, 4.69) is 34.8 Å². The van der Waals surface area contributed by atoms with Crippen LogP contribution in [-0.4, -0.2) is 66.5 Å². The molecule has 49 heavy (non-hydrogen) atoms. The van der Waals surface area contributed by atoms with E-state index in [9.17, 15) is 25.5 Å². The summed E-state index contributed by atoms with van der Waals surface area (Å²) in [5.74, 6) is 6.98. The smallest absolute Gasteiger partial charge is 0.161 e. The van der Waals surface area contributed by atoms with Gasteiger partial charge in [0.2, 0.25) is 0 Å². The number of rotatable bonds is 10. The fraction of sp³-hybridized carbons (Fsp3) is 0.525. The van der Waals surface area contributed by atoms with Gasteiger partial charge in [0.15, 0.2) is 11.5 Å². The van der Waals surface area contributed by atoms with Gasteiger partial charge in [-0.05, 0) is 110 Å². The summed E-state index contributed by atoms with van der Waals surface area (Å²) in [6.07, 6.45) is 9.72. The van der Waals surface area contributed by atoms with Crippen molar-refractivity contribution in [2.75, 3.05) is 12.3 Å². The lowest BCUT2D eigenvalue weighted by molar-refractivity contribution is -0.00884. The molecule has 9 atom stereocenters. The number of nitrogens with one attached hydrogen (secondary N) is 1. The summed E-state index contributed by atoms with van der Waals surface area (Å²) in [7, 11) is 0. The standard InChI is InChI=1S/C40H51N3O6/c1-2-24-6-3-4-8-33(45)40-28(10-9-24)16-26-11-12-27-18-34(46)38(22-32(27)31(26)21-35(40)47)49-37(36(48)23-44)19-29(17-30-7-5-14-42-30)25-13-15-43-39(41)20-25/h5,7,13-16,18,20,22,24,28-29,31,33,35-37,40,42,44-48H,2-4,6,8,11-12,17,19,21,23H2,1H3,(H2,41,43)/t24-,28+,29+,31-,33+,35-,36-,37-,40-/m1/s1. The number of pyridine rings is 1. The van der Waals surface area contributed by atoms with Gasteiger partial charge >= 0.3 is 0 Å². The average molecular weight is 670 g/mol. The molecule has 9 heteroatoms. The average Bonchev–Trinajstić information content (AvgIpc) is 3.56. The number of phenols is 1. The fourth-order valence-electron chi connectivity index (χ4n) is 8.20. The number of aromatic amines is 1. The van der Waals surface area contributed by atoms with E-state index in [0.29, 0.717) is 37.4 Å². The number of fused-ring (bicyclic) bond motifs is 4. The normalized spacial score (nSPS) is 27.1. The molecule has 2 aromatic heterocycles. The van der Waals surface area contributed by atoms with Crippen molar-refractivity contribution in [2.45, 2.75) is 107 Å². The predicted octanol–water partition coefficient (Wildman–Crippen LogP) is 5.13. The zero-order valence-electron chi connectivity index (χ0n) is 28.3. The van der Waals surface area contributed by atoms with Crippen molar-refractivity contribution in [1.29, 1.82) is 0 Å². The van der Waals surface area contributed by atoms with Gasteiger partial charge in [0, 0.05) is 41.8 Å². The Bertz CT molecular complexity index is 1650. The Hall–Kier alpha value is -3.81. The summed E-state index contributed by atoms with van der Waals surface area (Å²) in [5, 5.41) is 55.4. The Morgan fingerprint density at radius 3 is 2.67 bits per heavy atom. The minimum Gasteiger partial charge on any atom is -0.504 e. The first kappa shape index (κ1) is 35.0. The van der Waals surface area contributed by atoms with Gasteiger partial charge in [-0.15, -0.1) is 0 Å². The highest BCUT2D eigenvalue weighted by Crippen LogP contribution is 2.48. The van der Waals surface area contributed by atoms with Gasteiger partial charge in [-0.2, -0.15) is 0 Å². The predicted molar refractivity (Wildman–Crippen MR) is 189 cm³/mol. The van der Waals surface area contributed by atoms with Gasteiger partial charge in [-0.3, -0.25) is 0 Å². The van der Waals surface area contributed by atoms with Crippen LogP contribution in [0.3, 0.4) is 0 Å². The highest BCUT2D eigenvalue weighted by atomic mass is 16.5. The first-order chi connectivity index (χ1) is 23.7. The second-order valence-corrected chi connectivity index (χ2v) is 14.2. The number of nitrogen functional groups attached to an aromatic ring is 1. The molecule has 3 aliphatic carbocycles. The number of nitrogens with two attached hydrogens (primary N) is 1. The van der Waals surface area contributed by atoms with Crippen molar-refractivity contribution in [1.82, 2.24) is 9.97 Å². The van der Waals surface area contributed by atoms with E-state index in [0.717, 1.165) is 60.9 Å². The van der Waals surface area contributed by atoms with Crippen LogP contribution in [0.2, 0.25) is 0 Å². The summed E-state index contributed by atoms with van der Waals surface area (Å²) in [5.41, 5.74) is 11.1. The molecule has 0 unspecified atom stereocenters. The van der Waals surface area contributed by atoms with Crippen molar-refractivity contribution in [3.63, 3.8) is 0 Å². The molecular weight excluding hydrogens is 618 g/mol. The molecule has 0 spiro atoms. The molecule has 9 nitrogen and oxygen atoms in total. The third-order valence-corrected chi connectivity index (χ3v) is 11.0. The highest BCUT2D eigenvalue weighted by Gasteiger charge is 2.40. The molecule has 3 aromatic rings. The number of aryl methyl sites for hydroxylation is 1. The summed E-state index contributed by atoms with van der Waals surface area (Å²) in [6.45, 7) is 1.65. The van der Waals surface area contributed by atoms with Crippen molar-refractivity contribution < 1.29 is 30.3 Å². The van der Waals surface area contributed by atoms with Crippen molar-refractivity contribution in [2.24, 2.45) is 17.8 Å². The number of anilines is 1. The summed E-state index contributed by atoms with van der Waals surface area (Å²) in [4.78, 5) is 7.39. The largest absolute Gasteiger partial charge is 0.504 e. The molecule has 262 valence electrons. The molecule has 3 aliphatic rings. The van der Waals surface area contributed by atoms with Gasteiger partial charge in [0.25, 0.3) is 0 Å². The minimum atomic E-state index is -1.22. The van der Waals surface area contributed by atoms with Gasteiger partial charge in [-0.25, -0.2) is 4.98 Å². The van der Waals surface area contributed by atoms with Crippen molar-refractivity contribution in [3.05, 3.63) is 82.8 Å². The number of aromatic nitrogens is 2. The number of hydrogen-bond acceptors (Lipinski definition) is 8. The number of aromatic hydroxyl groups is 1. The molecule has 0 aliphatic heterocycles. The molecule has 0 bridgehead atoms. The molecule has 0 radical (unpaired) electrons. The Kier molecular flexibility index (Phi) is 11.3. The summed E-state index contributed by atoms with van der Waals surface area (Å²) >= 11 is 0. The van der Waals surface area contributed by atoms with Crippen LogP contribution in [0, 0.1) is 29.6 Å². The highest BCUT2D eigenvalue weighted by molar-refractivity contribution is 5.52. The topological polar surface area (TPSA) is 165 Å². The van der Waals surface area contributed by atoms with E-state index in [-0.39, 0.29) is 35.2 Å². The van der Waals surface area contributed by atoms with Crippen LogP contribution in [0.4, 0.5) is 5.82 Å². The molecule has 0 fully saturated rings. The van der Waals surface area contributed by atoms with Gasteiger partial charge < -0.3 is 41.0 Å². The third-order valence-electron chi connectivity index (χ3n) is 11.0. The maximum Gasteiger partial charge on any atom is 0.161 e. The van der Waals surface area contributed by atoms with E-state index in [1.165, 1.54) is 5.57 Å². The SMILES string of the molecule is CC[C@H]1C#C[C@H]2C=C3CCc4cc(O)c(O[C@H](C[C@H](Cc5ccc[nH]5)c5ccnc(N)c5)[C@H](O)CO)cc4[C@@H]3C[C@@H](O)[C@H]2[C@@H](O)CCCC1. The van der Waals surface area contributed by atoms with Crippen molar-refractivity contribution >= 4 is 5.82 Å². The number of H-pyrrole nitrogens is 1. The lowest BCUT2D eigenvalue weighted by Crippen LogP contribution is -2.37. The Balaban J connectivity index is 1.31. The van der Waals surface area contributed by atoms with Crippen LogP contribution in [0.5, 0.6) is 11.5 Å². The number of aliphatic hydroxyl groups excluding tert-OH is 4. The Morgan fingerprint density at radius 2 is 1.92 bits per heavy atom.